The Morgan fingerprint density at radius 1 is 1.31 bits per heavy atom. The third-order valence-corrected chi connectivity index (χ3v) is 3.48. The summed E-state index contributed by atoms with van der Waals surface area (Å²) < 4.78 is 0. The molecule has 2 unspecified atom stereocenters. The molecule has 2 atom stereocenters. The molecule has 1 heterocycles. The third kappa shape index (κ3) is 1.87. The van der Waals surface area contributed by atoms with Crippen LogP contribution in [0, 0.1) is 0 Å². The second-order valence-electron chi connectivity index (χ2n) is 4.61. The summed E-state index contributed by atoms with van der Waals surface area (Å²) >= 11 is 0. The summed E-state index contributed by atoms with van der Waals surface area (Å²) in [6.07, 6.45) is 2.79. The van der Waals surface area contributed by atoms with E-state index in [0.29, 0.717) is 12.1 Å². The molecule has 0 aromatic carbocycles. The van der Waals surface area contributed by atoms with Gasteiger partial charge in [0.05, 0.1) is 0 Å². The molecule has 3 heteroatoms. The van der Waals surface area contributed by atoms with E-state index in [4.69, 9.17) is 5.73 Å². The van der Waals surface area contributed by atoms with Crippen LogP contribution in [0.2, 0.25) is 0 Å². The van der Waals surface area contributed by atoms with Gasteiger partial charge in [-0.25, -0.2) is 0 Å². The molecule has 0 radical (unpaired) electrons. The zero-order valence-electron chi connectivity index (χ0n) is 8.74. The number of nitrogens with two attached hydrogens (primary N) is 1. The van der Waals surface area contributed by atoms with Crippen molar-refractivity contribution in [1.29, 1.82) is 0 Å². The van der Waals surface area contributed by atoms with E-state index < -0.39 is 0 Å². The Morgan fingerprint density at radius 3 is 2.54 bits per heavy atom. The molecule has 13 heavy (non-hydrogen) atoms. The molecule has 0 aromatic heterocycles. The molecule has 3 nitrogen and oxygen atoms in total. The SMILES string of the molecule is CC1CN(C2CC2)C(CN)CN1C. The van der Waals surface area contributed by atoms with E-state index in [1.54, 1.807) is 0 Å². The predicted molar refractivity (Wildman–Crippen MR) is 54.7 cm³/mol. The minimum atomic E-state index is 0.605. The van der Waals surface area contributed by atoms with Crippen LogP contribution in [-0.4, -0.2) is 54.6 Å². The molecule has 0 amide bonds. The minimum Gasteiger partial charge on any atom is -0.329 e. The maximum atomic E-state index is 5.80. The van der Waals surface area contributed by atoms with Crippen molar-refractivity contribution in [3.8, 4) is 0 Å². The number of likely N-dealkylation sites (N-methyl/N-ethyl adjacent to an activating group) is 1. The number of rotatable bonds is 2. The molecule has 2 fully saturated rings. The summed E-state index contributed by atoms with van der Waals surface area (Å²) in [5.41, 5.74) is 5.80. The Hall–Kier alpha value is -0.120. The number of piperazine rings is 1. The van der Waals surface area contributed by atoms with Crippen LogP contribution in [0.3, 0.4) is 0 Å². The maximum Gasteiger partial charge on any atom is 0.0349 e. The van der Waals surface area contributed by atoms with Crippen molar-refractivity contribution in [1.82, 2.24) is 9.80 Å². The van der Waals surface area contributed by atoms with Gasteiger partial charge < -0.3 is 10.6 Å². The highest BCUT2D eigenvalue weighted by Crippen LogP contribution is 2.30. The zero-order valence-corrected chi connectivity index (χ0v) is 8.74. The lowest BCUT2D eigenvalue weighted by Crippen LogP contribution is -2.58. The molecule has 1 aliphatic heterocycles. The molecule has 1 saturated heterocycles. The molecule has 0 spiro atoms. The van der Waals surface area contributed by atoms with Gasteiger partial charge in [0, 0.05) is 37.8 Å². The Balaban J connectivity index is 1.98. The first-order valence-electron chi connectivity index (χ1n) is 5.38. The summed E-state index contributed by atoms with van der Waals surface area (Å²) in [7, 11) is 2.21. The van der Waals surface area contributed by atoms with E-state index in [1.807, 2.05) is 0 Å². The molecule has 2 N–H and O–H groups in total. The molecule has 0 aromatic rings. The molecular formula is C10H21N3. The molecule has 2 rings (SSSR count). The first kappa shape index (κ1) is 9.44. The van der Waals surface area contributed by atoms with Gasteiger partial charge in [0.25, 0.3) is 0 Å². The summed E-state index contributed by atoms with van der Waals surface area (Å²) in [5.74, 6) is 0. The largest absolute Gasteiger partial charge is 0.329 e. The van der Waals surface area contributed by atoms with Crippen LogP contribution in [0.5, 0.6) is 0 Å². The lowest BCUT2D eigenvalue weighted by Gasteiger charge is -2.43. The third-order valence-electron chi connectivity index (χ3n) is 3.48. The molecule has 1 aliphatic carbocycles. The van der Waals surface area contributed by atoms with Gasteiger partial charge in [-0.15, -0.1) is 0 Å². The van der Waals surface area contributed by atoms with Crippen molar-refractivity contribution in [3.63, 3.8) is 0 Å². The quantitative estimate of drug-likeness (QED) is 0.659. The van der Waals surface area contributed by atoms with Crippen molar-refractivity contribution >= 4 is 0 Å². The highest BCUT2D eigenvalue weighted by Gasteiger charge is 2.37. The van der Waals surface area contributed by atoms with E-state index in [1.165, 1.54) is 19.4 Å². The highest BCUT2D eigenvalue weighted by molar-refractivity contribution is 4.95. The molecule has 0 bridgehead atoms. The Labute approximate surface area is 80.9 Å². The smallest absolute Gasteiger partial charge is 0.0349 e. The molecule has 76 valence electrons. The van der Waals surface area contributed by atoms with Crippen LogP contribution in [-0.2, 0) is 0 Å². The van der Waals surface area contributed by atoms with Crippen LogP contribution >= 0.6 is 0 Å². The summed E-state index contributed by atoms with van der Waals surface area (Å²) in [5, 5.41) is 0. The van der Waals surface area contributed by atoms with Crippen LogP contribution in [0.4, 0.5) is 0 Å². The van der Waals surface area contributed by atoms with Crippen LogP contribution in [0.25, 0.3) is 0 Å². The highest BCUT2D eigenvalue weighted by atomic mass is 15.3. The van der Waals surface area contributed by atoms with Gasteiger partial charge in [-0.3, -0.25) is 4.90 Å². The van der Waals surface area contributed by atoms with E-state index in [9.17, 15) is 0 Å². The second kappa shape index (κ2) is 3.56. The van der Waals surface area contributed by atoms with Gasteiger partial charge in [-0.1, -0.05) is 0 Å². The fraction of sp³-hybridized carbons (Fsp3) is 1.00. The van der Waals surface area contributed by atoms with Gasteiger partial charge >= 0.3 is 0 Å². The fourth-order valence-electron chi connectivity index (χ4n) is 2.27. The van der Waals surface area contributed by atoms with Gasteiger partial charge in [0.2, 0.25) is 0 Å². The average molecular weight is 183 g/mol. The maximum absolute atomic E-state index is 5.80. The van der Waals surface area contributed by atoms with Gasteiger partial charge in [0.1, 0.15) is 0 Å². The summed E-state index contributed by atoms with van der Waals surface area (Å²) in [4.78, 5) is 5.06. The van der Waals surface area contributed by atoms with Crippen LogP contribution < -0.4 is 5.73 Å². The van der Waals surface area contributed by atoms with E-state index >= 15 is 0 Å². The van der Waals surface area contributed by atoms with Crippen LogP contribution in [0.1, 0.15) is 19.8 Å². The standard InChI is InChI=1S/C10H21N3/c1-8-6-13(9-3-4-9)10(5-11)7-12(8)2/h8-10H,3-7,11H2,1-2H3. The monoisotopic (exact) mass is 183 g/mol. The number of hydrogen-bond donors (Lipinski definition) is 1. The second-order valence-corrected chi connectivity index (χ2v) is 4.61. The summed E-state index contributed by atoms with van der Waals surface area (Å²) in [6.45, 7) is 5.48. The van der Waals surface area contributed by atoms with Crippen molar-refractivity contribution in [2.45, 2.75) is 37.9 Å². The van der Waals surface area contributed by atoms with E-state index in [0.717, 1.165) is 19.1 Å². The zero-order chi connectivity index (χ0) is 9.42. The van der Waals surface area contributed by atoms with E-state index in [2.05, 4.69) is 23.8 Å². The minimum absolute atomic E-state index is 0.605. The van der Waals surface area contributed by atoms with Crippen molar-refractivity contribution in [2.24, 2.45) is 5.73 Å². The normalized spacial score (nSPS) is 38.1. The predicted octanol–water partition coefficient (Wildman–Crippen LogP) is 0.112. The van der Waals surface area contributed by atoms with Gasteiger partial charge in [-0.05, 0) is 26.8 Å². The fourth-order valence-corrected chi connectivity index (χ4v) is 2.27. The van der Waals surface area contributed by atoms with E-state index in [-0.39, 0.29) is 0 Å². The molecule has 2 aliphatic rings. The number of hydrogen-bond acceptors (Lipinski definition) is 3. The molecule has 1 saturated carbocycles. The first-order valence-corrected chi connectivity index (χ1v) is 5.38. The number of nitrogens with zero attached hydrogens (tertiary/aromatic N) is 2. The average Bonchev–Trinajstić information content (AvgIpc) is 2.92. The van der Waals surface area contributed by atoms with Crippen molar-refractivity contribution < 1.29 is 0 Å². The lowest BCUT2D eigenvalue weighted by atomic mass is 10.1. The Morgan fingerprint density at radius 2 is 2.00 bits per heavy atom. The van der Waals surface area contributed by atoms with Gasteiger partial charge in [0.15, 0.2) is 0 Å². The van der Waals surface area contributed by atoms with Crippen LogP contribution in [0.15, 0.2) is 0 Å². The Kier molecular flexibility index (Phi) is 2.58. The first-order chi connectivity index (χ1) is 6.22. The summed E-state index contributed by atoms with van der Waals surface area (Å²) in [6, 6.07) is 2.17. The van der Waals surface area contributed by atoms with Crippen molar-refractivity contribution in [2.75, 3.05) is 26.7 Å². The van der Waals surface area contributed by atoms with Gasteiger partial charge in [-0.2, -0.15) is 0 Å². The van der Waals surface area contributed by atoms with Crippen molar-refractivity contribution in [3.05, 3.63) is 0 Å². The lowest BCUT2D eigenvalue weighted by molar-refractivity contribution is 0.0496. The topological polar surface area (TPSA) is 32.5 Å². The Bertz CT molecular complexity index is 179. The molecular weight excluding hydrogens is 162 g/mol.